The largest absolute Gasteiger partial charge is 0.419 e. The molecule has 0 fully saturated rings. The molecule has 0 amide bonds. The van der Waals surface area contributed by atoms with Gasteiger partial charge in [0.25, 0.3) is 0 Å². The standard InChI is InChI=1S/C11H18F3N3/c1-8(5-15-10(2,3)4)17-7-9(6-16-17)11(12,13)14/h6-8,15H,5H2,1-4H3. The van der Waals surface area contributed by atoms with Crippen molar-refractivity contribution in [1.82, 2.24) is 15.1 Å². The number of alkyl halides is 3. The second-order valence-corrected chi connectivity index (χ2v) is 5.19. The zero-order chi connectivity index (χ0) is 13.3. The van der Waals surface area contributed by atoms with Crippen LogP contribution in [-0.2, 0) is 6.18 Å². The van der Waals surface area contributed by atoms with E-state index in [2.05, 4.69) is 10.4 Å². The second-order valence-electron chi connectivity index (χ2n) is 5.19. The summed E-state index contributed by atoms with van der Waals surface area (Å²) >= 11 is 0. The quantitative estimate of drug-likeness (QED) is 0.892. The van der Waals surface area contributed by atoms with Crippen molar-refractivity contribution in [3.8, 4) is 0 Å². The Kier molecular flexibility index (Phi) is 3.86. The van der Waals surface area contributed by atoms with Crippen LogP contribution in [0.3, 0.4) is 0 Å². The van der Waals surface area contributed by atoms with Crippen LogP contribution in [-0.4, -0.2) is 21.9 Å². The highest BCUT2D eigenvalue weighted by molar-refractivity contribution is 5.08. The Morgan fingerprint density at radius 3 is 2.35 bits per heavy atom. The first-order chi connectivity index (χ1) is 7.59. The first kappa shape index (κ1) is 14.0. The molecule has 0 saturated carbocycles. The van der Waals surface area contributed by atoms with Gasteiger partial charge in [-0.3, -0.25) is 4.68 Å². The zero-order valence-electron chi connectivity index (χ0n) is 10.5. The molecule has 3 nitrogen and oxygen atoms in total. The molecule has 0 radical (unpaired) electrons. The molecular formula is C11H18F3N3. The van der Waals surface area contributed by atoms with Crippen LogP contribution >= 0.6 is 0 Å². The van der Waals surface area contributed by atoms with Gasteiger partial charge >= 0.3 is 6.18 Å². The van der Waals surface area contributed by atoms with Gasteiger partial charge in [-0.25, -0.2) is 0 Å². The summed E-state index contributed by atoms with van der Waals surface area (Å²) in [6.07, 6.45) is -2.43. The van der Waals surface area contributed by atoms with Crippen LogP contribution < -0.4 is 5.32 Å². The van der Waals surface area contributed by atoms with E-state index in [1.54, 1.807) is 0 Å². The van der Waals surface area contributed by atoms with Crippen molar-refractivity contribution in [1.29, 1.82) is 0 Å². The van der Waals surface area contributed by atoms with Gasteiger partial charge in [-0.1, -0.05) is 0 Å². The molecular weight excluding hydrogens is 231 g/mol. The van der Waals surface area contributed by atoms with Crippen molar-refractivity contribution >= 4 is 0 Å². The first-order valence-corrected chi connectivity index (χ1v) is 5.46. The van der Waals surface area contributed by atoms with Crippen molar-refractivity contribution in [2.75, 3.05) is 6.54 Å². The fourth-order valence-corrected chi connectivity index (χ4v) is 1.27. The van der Waals surface area contributed by atoms with Gasteiger partial charge in [0.1, 0.15) is 0 Å². The van der Waals surface area contributed by atoms with Gasteiger partial charge in [0.05, 0.1) is 17.8 Å². The highest BCUT2D eigenvalue weighted by Gasteiger charge is 2.32. The molecule has 1 rings (SSSR count). The topological polar surface area (TPSA) is 29.9 Å². The normalized spacial score (nSPS) is 15.0. The Morgan fingerprint density at radius 2 is 1.94 bits per heavy atom. The molecule has 0 aromatic carbocycles. The van der Waals surface area contributed by atoms with E-state index in [0.717, 1.165) is 12.4 Å². The molecule has 1 unspecified atom stereocenters. The summed E-state index contributed by atoms with van der Waals surface area (Å²) in [5.41, 5.74) is -0.769. The number of rotatable bonds is 3. The summed E-state index contributed by atoms with van der Waals surface area (Å²) in [5, 5.41) is 6.97. The van der Waals surface area contributed by atoms with Crippen LogP contribution in [0.4, 0.5) is 13.2 Å². The summed E-state index contributed by atoms with van der Waals surface area (Å²) in [7, 11) is 0. The van der Waals surface area contributed by atoms with Gasteiger partial charge in [0, 0.05) is 18.3 Å². The lowest BCUT2D eigenvalue weighted by Gasteiger charge is -2.23. The van der Waals surface area contributed by atoms with E-state index in [0.29, 0.717) is 6.54 Å². The van der Waals surface area contributed by atoms with E-state index in [1.165, 1.54) is 4.68 Å². The maximum absolute atomic E-state index is 12.4. The van der Waals surface area contributed by atoms with Crippen molar-refractivity contribution in [3.63, 3.8) is 0 Å². The van der Waals surface area contributed by atoms with Gasteiger partial charge in [-0.15, -0.1) is 0 Å². The molecule has 1 atom stereocenters. The summed E-state index contributed by atoms with van der Waals surface area (Å²) in [6, 6.07) is -0.120. The Labute approximate surface area is 99.0 Å². The highest BCUT2D eigenvalue weighted by atomic mass is 19.4. The van der Waals surface area contributed by atoms with E-state index in [9.17, 15) is 13.2 Å². The van der Waals surface area contributed by atoms with Gasteiger partial charge in [-0.05, 0) is 27.7 Å². The Morgan fingerprint density at radius 1 is 1.35 bits per heavy atom. The van der Waals surface area contributed by atoms with Gasteiger partial charge in [0.2, 0.25) is 0 Å². The predicted molar refractivity (Wildman–Crippen MR) is 59.7 cm³/mol. The Hall–Kier alpha value is -1.04. The maximum Gasteiger partial charge on any atom is 0.419 e. The molecule has 98 valence electrons. The molecule has 17 heavy (non-hydrogen) atoms. The fourth-order valence-electron chi connectivity index (χ4n) is 1.27. The number of halogens is 3. The zero-order valence-corrected chi connectivity index (χ0v) is 10.5. The summed E-state index contributed by atoms with van der Waals surface area (Å²) in [6.45, 7) is 8.41. The molecule has 0 spiro atoms. The van der Waals surface area contributed by atoms with E-state index < -0.39 is 11.7 Å². The van der Waals surface area contributed by atoms with Crippen LogP contribution in [0.15, 0.2) is 12.4 Å². The van der Waals surface area contributed by atoms with Crippen molar-refractivity contribution < 1.29 is 13.2 Å². The van der Waals surface area contributed by atoms with Crippen molar-refractivity contribution in [2.45, 2.75) is 45.5 Å². The SMILES string of the molecule is CC(CNC(C)(C)C)n1cc(C(F)(F)F)cn1. The second kappa shape index (κ2) is 4.68. The van der Waals surface area contributed by atoms with Gasteiger partial charge in [0.15, 0.2) is 0 Å². The minimum Gasteiger partial charge on any atom is -0.310 e. The third kappa shape index (κ3) is 4.38. The van der Waals surface area contributed by atoms with Crippen LogP contribution in [0.5, 0.6) is 0 Å². The third-order valence-electron chi connectivity index (χ3n) is 2.31. The summed E-state index contributed by atoms with van der Waals surface area (Å²) in [4.78, 5) is 0. The third-order valence-corrected chi connectivity index (χ3v) is 2.31. The predicted octanol–water partition coefficient (Wildman–Crippen LogP) is 2.85. The van der Waals surface area contributed by atoms with Gasteiger partial charge in [-0.2, -0.15) is 18.3 Å². The minimum absolute atomic E-state index is 0.0612. The fraction of sp³-hybridized carbons (Fsp3) is 0.727. The molecule has 1 heterocycles. The number of hydrogen-bond acceptors (Lipinski definition) is 2. The molecule has 1 N–H and O–H groups in total. The summed E-state index contributed by atoms with van der Waals surface area (Å²) < 4.78 is 38.4. The lowest BCUT2D eigenvalue weighted by Crippen LogP contribution is -2.39. The molecule has 0 aliphatic rings. The summed E-state index contributed by atoms with van der Waals surface area (Å²) in [5.74, 6) is 0. The van der Waals surface area contributed by atoms with Crippen LogP contribution in [0.2, 0.25) is 0 Å². The molecule has 0 aliphatic carbocycles. The smallest absolute Gasteiger partial charge is 0.310 e. The lowest BCUT2D eigenvalue weighted by atomic mass is 10.1. The van der Waals surface area contributed by atoms with Crippen molar-refractivity contribution in [2.24, 2.45) is 0 Å². The molecule has 1 aromatic heterocycles. The lowest BCUT2D eigenvalue weighted by molar-refractivity contribution is -0.137. The Bertz CT molecular complexity index is 363. The molecule has 0 aliphatic heterocycles. The van der Waals surface area contributed by atoms with Crippen LogP contribution in [0.1, 0.15) is 39.3 Å². The van der Waals surface area contributed by atoms with Gasteiger partial charge < -0.3 is 5.32 Å². The molecule has 0 saturated heterocycles. The first-order valence-electron chi connectivity index (χ1n) is 5.46. The van der Waals surface area contributed by atoms with E-state index >= 15 is 0 Å². The monoisotopic (exact) mass is 249 g/mol. The highest BCUT2D eigenvalue weighted by Crippen LogP contribution is 2.29. The average Bonchev–Trinajstić information content (AvgIpc) is 2.60. The number of aromatic nitrogens is 2. The molecule has 0 bridgehead atoms. The minimum atomic E-state index is -4.32. The van der Waals surface area contributed by atoms with Crippen LogP contribution in [0.25, 0.3) is 0 Å². The number of nitrogens with one attached hydrogen (secondary N) is 1. The average molecular weight is 249 g/mol. The van der Waals surface area contributed by atoms with E-state index in [-0.39, 0.29) is 11.6 Å². The van der Waals surface area contributed by atoms with Crippen molar-refractivity contribution in [3.05, 3.63) is 18.0 Å². The van der Waals surface area contributed by atoms with E-state index in [1.807, 2.05) is 27.7 Å². The molecule has 6 heteroatoms. The van der Waals surface area contributed by atoms with Crippen LogP contribution in [0, 0.1) is 0 Å². The van der Waals surface area contributed by atoms with E-state index in [4.69, 9.17) is 0 Å². The number of hydrogen-bond donors (Lipinski definition) is 1. The maximum atomic E-state index is 12.4. The molecule has 1 aromatic rings. The number of nitrogens with zero attached hydrogens (tertiary/aromatic N) is 2. The Balaban J connectivity index is 2.64.